The third kappa shape index (κ3) is 2.03. The molecule has 0 radical (unpaired) electrons. The molecule has 70 valence electrons. The Morgan fingerprint density at radius 3 is 2.43 bits per heavy atom. The summed E-state index contributed by atoms with van der Waals surface area (Å²) >= 11 is 6.36. The molecule has 0 aliphatic heterocycles. The zero-order valence-electron chi connectivity index (χ0n) is 7.12. The number of nitrogens with zero attached hydrogens (tertiary/aromatic N) is 4. The molecule has 1 rings (SSSR count). The molecule has 14 heavy (non-hydrogen) atoms. The average Bonchev–Trinajstić information content (AvgIpc) is 2.42. The number of halogens is 2. The Hall–Kier alpha value is -1.11. The van der Waals surface area contributed by atoms with Crippen molar-refractivity contribution in [2.24, 2.45) is 7.05 Å². The van der Waals surface area contributed by atoms with Gasteiger partial charge in [0.2, 0.25) is 0 Å². The van der Waals surface area contributed by atoms with Crippen LogP contribution in [0.2, 0.25) is 0 Å². The lowest BCUT2D eigenvalue weighted by Gasteiger charge is -1.94. The molecule has 0 bridgehead atoms. The summed E-state index contributed by atoms with van der Waals surface area (Å²) in [6.07, 6.45) is 1.67. The van der Waals surface area contributed by atoms with Crippen LogP contribution in [0.15, 0.2) is 3.39 Å². The molecule has 6 heteroatoms. The van der Waals surface area contributed by atoms with Crippen LogP contribution in [0, 0.1) is 22.7 Å². The molecule has 1 aromatic rings. The van der Waals surface area contributed by atoms with Crippen molar-refractivity contribution < 1.29 is 0 Å². The van der Waals surface area contributed by atoms with E-state index in [-0.39, 0.29) is 11.4 Å². The van der Waals surface area contributed by atoms with E-state index in [9.17, 15) is 0 Å². The molecule has 1 aromatic heterocycles. The topological polar surface area (TPSA) is 65.4 Å². The molecule has 0 saturated carbocycles. The maximum atomic E-state index is 8.77. The van der Waals surface area contributed by atoms with Crippen LogP contribution in [-0.4, -0.2) is 9.55 Å². The van der Waals surface area contributed by atoms with E-state index in [0.29, 0.717) is 9.22 Å². The Morgan fingerprint density at radius 1 is 1.43 bits per heavy atom. The van der Waals surface area contributed by atoms with Crippen molar-refractivity contribution in [2.75, 3.05) is 0 Å². The van der Waals surface area contributed by atoms with Crippen molar-refractivity contribution in [2.45, 2.75) is 0 Å². The first kappa shape index (κ1) is 11.0. The van der Waals surface area contributed by atoms with Crippen LogP contribution in [0.4, 0.5) is 0 Å². The van der Waals surface area contributed by atoms with Crippen molar-refractivity contribution >= 4 is 37.9 Å². The van der Waals surface area contributed by atoms with Gasteiger partial charge >= 0.3 is 0 Å². The second-order valence-electron chi connectivity index (χ2n) is 2.38. The minimum absolute atomic E-state index is 0.141. The van der Waals surface area contributed by atoms with Gasteiger partial charge in [-0.25, -0.2) is 4.98 Å². The number of rotatable bonds is 1. The molecular weight excluding hydrogens is 312 g/mol. The van der Waals surface area contributed by atoms with Crippen LogP contribution in [0.1, 0.15) is 17.2 Å². The molecule has 0 aliphatic rings. The largest absolute Gasteiger partial charge is 0.318 e. The van der Waals surface area contributed by atoms with Gasteiger partial charge in [-0.2, -0.15) is 10.5 Å². The van der Waals surface area contributed by atoms with Crippen molar-refractivity contribution in [3.8, 4) is 12.1 Å². The van der Waals surface area contributed by atoms with Crippen molar-refractivity contribution in [1.29, 1.82) is 10.5 Å². The summed E-state index contributed by atoms with van der Waals surface area (Å²) < 4.78 is 2.26. The minimum atomic E-state index is 0.141. The molecule has 0 atom stereocenters. The Kier molecular flexibility index (Phi) is 3.45. The first-order chi connectivity index (χ1) is 6.60. The first-order valence-electron chi connectivity index (χ1n) is 3.49. The standard InChI is InChI=1S/C8H4Br2N4/c1-14-6(4-12)5(3-11)13-8(14)2-7(9)10/h2H,1H3. The van der Waals surface area contributed by atoms with Crippen LogP contribution in [0.3, 0.4) is 0 Å². The number of imidazole rings is 1. The summed E-state index contributed by atoms with van der Waals surface area (Å²) in [5.74, 6) is 0.543. The fourth-order valence-corrected chi connectivity index (χ4v) is 1.36. The van der Waals surface area contributed by atoms with Gasteiger partial charge in [0.1, 0.15) is 18.0 Å². The van der Waals surface area contributed by atoms with Crippen molar-refractivity contribution in [3.63, 3.8) is 0 Å². The molecule has 0 aromatic carbocycles. The third-order valence-corrected chi connectivity index (χ3v) is 2.04. The maximum Gasteiger partial charge on any atom is 0.177 e. The number of hydrogen-bond acceptors (Lipinski definition) is 3. The molecular formula is C8H4Br2N4. The first-order valence-corrected chi connectivity index (χ1v) is 5.08. The van der Waals surface area contributed by atoms with E-state index in [4.69, 9.17) is 10.5 Å². The Bertz CT molecular complexity index is 469. The lowest BCUT2D eigenvalue weighted by Crippen LogP contribution is -1.94. The van der Waals surface area contributed by atoms with Gasteiger partial charge in [-0.05, 0) is 31.9 Å². The van der Waals surface area contributed by atoms with E-state index in [1.807, 2.05) is 12.1 Å². The van der Waals surface area contributed by atoms with Gasteiger partial charge in [-0.15, -0.1) is 0 Å². The lowest BCUT2D eigenvalue weighted by atomic mass is 10.4. The zero-order chi connectivity index (χ0) is 10.7. The lowest BCUT2D eigenvalue weighted by molar-refractivity contribution is 0.881. The minimum Gasteiger partial charge on any atom is -0.318 e. The SMILES string of the molecule is Cn1c(C=C(Br)Br)nc(C#N)c1C#N. The van der Waals surface area contributed by atoms with Crippen molar-refractivity contribution in [3.05, 3.63) is 20.6 Å². The van der Waals surface area contributed by atoms with Crippen LogP contribution in [0.5, 0.6) is 0 Å². The molecule has 1 heterocycles. The highest BCUT2D eigenvalue weighted by Gasteiger charge is 2.12. The summed E-state index contributed by atoms with van der Waals surface area (Å²) in [4.78, 5) is 3.98. The Morgan fingerprint density at radius 2 is 2.07 bits per heavy atom. The second kappa shape index (κ2) is 4.41. The summed E-state index contributed by atoms with van der Waals surface area (Å²) in [6.45, 7) is 0. The quantitative estimate of drug-likeness (QED) is 0.798. The number of hydrogen-bond donors (Lipinski definition) is 0. The van der Waals surface area contributed by atoms with Gasteiger partial charge in [-0.3, -0.25) is 0 Å². The molecule has 0 spiro atoms. The molecule has 4 nitrogen and oxygen atoms in total. The monoisotopic (exact) mass is 314 g/mol. The zero-order valence-corrected chi connectivity index (χ0v) is 10.3. The third-order valence-electron chi connectivity index (χ3n) is 1.58. The fourth-order valence-electron chi connectivity index (χ4n) is 0.948. The molecule has 0 unspecified atom stereocenters. The van der Waals surface area contributed by atoms with E-state index >= 15 is 0 Å². The van der Waals surface area contributed by atoms with Crippen LogP contribution in [0.25, 0.3) is 6.08 Å². The molecule has 0 saturated heterocycles. The van der Waals surface area contributed by atoms with E-state index in [0.717, 1.165) is 0 Å². The normalized spacial score (nSPS) is 8.93. The molecule has 0 fully saturated rings. The average molecular weight is 316 g/mol. The highest BCUT2D eigenvalue weighted by atomic mass is 79.9. The summed E-state index contributed by atoms with van der Waals surface area (Å²) in [5.41, 5.74) is 0.405. The van der Waals surface area contributed by atoms with Gasteiger partial charge in [0.25, 0.3) is 0 Å². The van der Waals surface area contributed by atoms with Crippen LogP contribution < -0.4 is 0 Å². The Balaban J connectivity index is 3.39. The van der Waals surface area contributed by atoms with Crippen LogP contribution in [-0.2, 0) is 7.05 Å². The maximum absolute atomic E-state index is 8.77. The van der Waals surface area contributed by atoms with Gasteiger partial charge in [0, 0.05) is 13.1 Å². The summed E-state index contributed by atoms with van der Waals surface area (Å²) in [6, 6.07) is 3.79. The van der Waals surface area contributed by atoms with Gasteiger partial charge in [0.15, 0.2) is 11.4 Å². The van der Waals surface area contributed by atoms with E-state index in [1.54, 1.807) is 17.7 Å². The summed E-state index contributed by atoms with van der Waals surface area (Å²) in [5, 5.41) is 17.5. The smallest absolute Gasteiger partial charge is 0.177 e. The predicted octanol–water partition coefficient (Wildman–Crippen LogP) is 2.25. The Labute approximate surface area is 97.7 Å². The molecule has 0 amide bonds. The fraction of sp³-hybridized carbons (Fsp3) is 0.125. The van der Waals surface area contributed by atoms with E-state index in [2.05, 4.69) is 36.8 Å². The van der Waals surface area contributed by atoms with E-state index < -0.39 is 0 Å². The molecule has 0 aliphatic carbocycles. The highest BCUT2D eigenvalue weighted by Crippen LogP contribution is 2.18. The summed E-state index contributed by atoms with van der Waals surface area (Å²) in [7, 11) is 1.68. The highest BCUT2D eigenvalue weighted by molar-refractivity contribution is 9.28. The van der Waals surface area contributed by atoms with Gasteiger partial charge in [-0.1, -0.05) is 0 Å². The second-order valence-corrected chi connectivity index (χ2v) is 5.16. The van der Waals surface area contributed by atoms with Gasteiger partial charge < -0.3 is 4.57 Å². The molecule has 0 N–H and O–H groups in total. The van der Waals surface area contributed by atoms with Crippen molar-refractivity contribution in [1.82, 2.24) is 9.55 Å². The van der Waals surface area contributed by atoms with Gasteiger partial charge in [0.05, 0.1) is 3.39 Å². The van der Waals surface area contributed by atoms with E-state index in [1.165, 1.54) is 0 Å². The van der Waals surface area contributed by atoms with Crippen LogP contribution >= 0.6 is 31.9 Å². The predicted molar refractivity (Wildman–Crippen MR) is 58.5 cm³/mol. The number of aromatic nitrogens is 2. The number of nitriles is 2.